The molecule has 146 valence electrons. The van der Waals surface area contributed by atoms with E-state index in [-0.39, 0.29) is 35.9 Å². The van der Waals surface area contributed by atoms with Crippen LogP contribution in [0.4, 0.5) is 0 Å². The molecule has 6 nitrogen and oxygen atoms in total. The Morgan fingerprint density at radius 2 is 2.04 bits per heavy atom. The lowest BCUT2D eigenvalue weighted by Gasteiger charge is -2.36. The number of hydrogen-bond donors (Lipinski definition) is 1. The third kappa shape index (κ3) is 5.98. The summed E-state index contributed by atoms with van der Waals surface area (Å²) in [5.41, 5.74) is 0. The maximum Gasteiger partial charge on any atom is 0.310 e. The number of nitrogens with zero attached hydrogens (tertiary/aromatic N) is 3. The molecule has 2 fully saturated rings. The molecule has 0 radical (unpaired) electrons. The van der Waals surface area contributed by atoms with Gasteiger partial charge >= 0.3 is 5.97 Å². The standard InChI is InChI=1S/C18H34N4O2.HI/c1-13(2)21-8-6-7-15(11-21)9-20-18(19-4)22-10-14(3)16(12-22)17(23)24-5;/h13-16H,6-12H2,1-5H3,(H,19,20);1H. The van der Waals surface area contributed by atoms with Crippen LogP contribution in [0.25, 0.3) is 0 Å². The SMILES string of the molecule is CN=C(NCC1CCCN(C(C)C)C1)N1CC(C)C(C(=O)OC)C1.I. The van der Waals surface area contributed by atoms with Crippen molar-refractivity contribution in [2.24, 2.45) is 22.7 Å². The number of carbonyl (C=O) groups is 1. The number of hydrogen-bond acceptors (Lipinski definition) is 4. The fourth-order valence-electron chi connectivity index (χ4n) is 3.90. The molecule has 0 aromatic heterocycles. The van der Waals surface area contributed by atoms with Crippen LogP contribution in [0, 0.1) is 17.8 Å². The van der Waals surface area contributed by atoms with E-state index < -0.39 is 0 Å². The molecule has 2 heterocycles. The molecule has 3 atom stereocenters. The summed E-state index contributed by atoms with van der Waals surface area (Å²) in [4.78, 5) is 21.0. The number of aliphatic imine (C=N–C) groups is 1. The van der Waals surface area contributed by atoms with Crippen molar-refractivity contribution in [2.75, 3.05) is 46.9 Å². The Balaban J connectivity index is 0.00000312. The van der Waals surface area contributed by atoms with E-state index >= 15 is 0 Å². The molecule has 2 saturated heterocycles. The van der Waals surface area contributed by atoms with Gasteiger partial charge in [-0.3, -0.25) is 9.79 Å². The first-order valence-electron chi connectivity index (χ1n) is 9.23. The summed E-state index contributed by atoms with van der Waals surface area (Å²) in [6.07, 6.45) is 2.54. The molecule has 0 aromatic rings. The van der Waals surface area contributed by atoms with Crippen molar-refractivity contribution in [3.63, 3.8) is 0 Å². The fourth-order valence-corrected chi connectivity index (χ4v) is 3.90. The van der Waals surface area contributed by atoms with Gasteiger partial charge in [0.2, 0.25) is 0 Å². The topological polar surface area (TPSA) is 57.2 Å². The molecular formula is C18H35IN4O2. The Bertz CT molecular complexity index is 458. The van der Waals surface area contributed by atoms with Crippen LogP contribution in [0.15, 0.2) is 4.99 Å². The van der Waals surface area contributed by atoms with E-state index in [2.05, 4.69) is 40.9 Å². The van der Waals surface area contributed by atoms with Crippen molar-refractivity contribution in [1.82, 2.24) is 15.1 Å². The van der Waals surface area contributed by atoms with Gasteiger partial charge in [-0.2, -0.15) is 0 Å². The molecule has 0 spiro atoms. The Kier molecular flexibility index (Phi) is 9.48. The first kappa shape index (κ1) is 22.5. The maximum absolute atomic E-state index is 11.9. The number of likely N-dealkylation sites (tertiary alicyclic amines) is 2. The van der Waals surface area contributed by atoms with E-state index in [1.54, 1.807) is 0 Å². The van der Waals surface area contributed by atoms with Crippen LogP contribution in [0.2, 0.25) is 0 Å². The summed E-state index contributed by atoms with van der Waals surface area (Å²) in [5.74, 6) is 1.70. The Morgan fingerprint density at radius 3 is 2.64 bits per heavy atom. The normalized spacial score (nSPS) is 28.0. The summed E-state index contributed by atoms with van der Waals surface area (Å²) in [6, 6.07) is 0.618. The third-order valence-corrected chi connectivity index (χ3v) is 5.46. The first-order valence-corrected chi connectivity index (χ1v) is 9.23. The van der Waals surface area contributed by atoms with Crippen LogP contribution in [0.3, 0.4) is 0 Å². The number of halogens is 1. The monoisotopic (exact) mass is 466 g/mol. The molecule has 0 aliphatic carbocycles. The van der Waals surface area contributed by atoms with Crippen LogP contribution >= 0.6 is 24.0 Å². The van der Waals surface area contributed by atoms with Crippen LogP contribution in [-0.4, -0.2) is 74.7 Å². The second-order valence-electron chi connectivity index (χ2n) is 7.54. The second kappa shape index (κ2) is 10.5. The minimum atomic E-state index is -0.111. The number of nitrogens with one attached hydrogen (secondary N) is 1. The van der Waals surface area contributed by atoms with Gasteiger partial charge in [-0.15, -0.1) is 24.0 Å². The first-order chi connectivity index (χ1) is 11.5. The number of ether oxygens (including phenoxy) is 1. The summed E-state index contributed by atoms with van der Waals surface area (Å²) in [5, 5.41) is 3.54. The van der Waals surface area contributed by atoms with Crippen molar-refractivity contribution in [1.29, 1.82) is 0 Å². The van der Waals surface area contributed by atoms with E-state index in [1.165, 1.54) is 26.5 Å². The number of guanidine groups is 1. The average Bonchev–Trinajstić information content (AvgIpc) is 2.96. The van der Waals surface area contributed by atoms with Gasteiger partial charge in [-0.05, 0) is 45.1 Å². The van der Waals surface area contributed by atoms with Gasteiger partial charge in [0.1, 0.15) is 0 Å². The lowest BCUT2D eigenvalue weighted by Crippen LogP contribution is -2.47. The maximum atomic E-state index is 11.9. The van der Waals surface area contributed by atoms with E-state index in [0.29, 0.717) is 24.4 Å². The molecule has 2 aliphatic rings. The summed E-state index contributed by atoms with van der Waals surface area (Å²) in [7, 11) is 3.29. The predicted octanol–water partition coefficient (Wildman–Crippen LogP) is 2.04. The predicted molar refractivity (Wildman–Crippen MR) is 112 cm³/mol. The van der Waals surface area contributed by atoms with Gasteiger partial charge in [-0.1, -0.05) is 6.92 Å². The van der Waals surface area contributed by atoms with Crippen molar-refractivity contribution in [3.8, 4) is 0 Å². The molecule has 0 amide bonds. The molecule has 25 heavy (non-hydrogen) atoms. The van der Waals surface area contributed by atoms with Crippen molar-refractivity contribution in [3.05, 3.63) is 0 Å². The lowest BCUT2D eigenvalue weighted by molar-refractivity contribution is -0.145. The zero-order chi connectivity index (χ0) is 17.7. The number of esters is 1. The van der Waals surface area contributed by atoms with Gasteiger partial charge in [0.15, 0.2) is 5.96 Å². The number of carbonyl (C=O) groups excluding carboxylic acids is 1. The summed E-state index contributed by atoms with van der Waals surface area (Å²) < 4.78 is 4.92. The van der Waals surface area contributed by atoms with Crippen LogP contribution in [0.1, 0.15) is 33.6 Å². The molecule has 1 N–H and O–H groups in total. The smallest absolute Gasteiger partial charge is 0.310 e. The average molecular weight is 466 g/mol. The molecule has 0 aromatic carbocycles. The van der Waals surface area contributed by atoms with Gasteiger partial charge in [0.05, 0.1) is 13.0 Å². The van der Waals surface area contributed by atoms with Gasteiger partial charge in [0, 0.05) is 39.3 Å². The highest BCUT2D eigenvalue weighted by atomic mass is 127. The highest BCUT2D eigenvalue weighted by molar-refractivity contribution is 14.0. The minimum absolute atomic E-state index is 0. The second-order valence-corrected chi connectivity index (χ2v) is 7.54. The van der Waals surface area contributed by atoms with Crippen LogP contribution in [0.5, 0.6) is 0 Å². The number of rotatable bonds is 4. The zero-order valence-corrected chi connectivity index (χ0v) is 18.7. The fraction of sp³-hybridized carbons (Fsp3) is 0.889. The summed E-state index contributed by atoms with van der Waals surface area (Å²) in [6.45, 7) is 11.5. The van der Waals surface area contributed by atoms with Crippen molar-refractivity contribution < 1.29 is 9.53 Å². The highest BCUT2D eigenvalue weighted by Crippen LogP contribution is 2.24. The molecule has 3 unspecified atom stereocenters. The molecule has 0 bridgehead atoms. The van der Waals surface area contributed by atoms with E-state index in [0.717, 1.165) is 25.6 Å². The van der Waals surface area contributed by atoms with E-state index in [1.807, 2.05) is 7.05 Å². The van der Waals surface area contributed by atoms with Gasteiger partial charge in [-0.25, -0.2) is 0 Å². The Morgan fingerprint density at radius 1 is 1.32 bits per heavy atom. The molecular weight excluding hydrogens is 431 g/mol. The van der Waals surface area contributed by atoms with E-state index in [9.17, 15) is 4.79 Å². The van der Waals surface area contributed by atoms with Gasteiger partial charge < -0.3 is 19.9 Å². The van der Waals surface area contributed by atoms with Gasteiger partial charge in [0.25, 0.3) is 0 Å². The zero-order valence-electron chi connectivity index (χ0n) is 16.3. The van der Waals surface area contributed by atoms with Crippen molar-refractivity contribution >= 4 is 35.9 Å². The van der Waals surface area contributed by atoms with Crippen molar-refractivity contribution in [2.45, 2.75) is 39.7 Å². The summed E-state index contributed by atoms with van der Waals surface area (Å²) >= 11 is 0. The van der Waals surface area contributed by atoms with E-state index in [4.69, 9.17) is 4.74 Å². The molecule has 2 rings (SSSR count). The minimum Gasteiger partial charge on any atom is -0.469 e. The quantitative estimate of drug-likeness (QED) is 0.298. The van der Waals surface area contributed by atoms with Crippen LogP contribution in [-0.2, 0) is 9.53 Å². The Labute approximate surface area is 169 Å². The number of methoxy groups -OCH3 is 1. The largest absolute Gasteiger partial charge is 0.469 e. The van der Waals surface area contributed by atoms with Crippen LogP contribution < -0.4 is 5.32 Å². The number of piperidine rings is 1. The molecule has 2 aliphatic heterocycles. The highest BCUT2D eigenvalue weighted by Gasteiger charge is 2.37. The Hall–Kier alpha value is -0.570. The molecule has 0 saturated carbocycles. The molecule has 7 heteroatoms. The third-order valence-electron chi connectivity index (χ3n) is 5.46. The lowest BCUT2D eigenvalue weighted by atomic mass is 9.97.